The number of hydrogen-bond acceptors (Lipinski definition) is 5. The number of ether oxygens (including phenoxy) is 1. The first kappa shape index (κ1) is 10.9. The van der Waals surface area contributed by atoms with Crippen LogP contribution in [-0.4, -0.2) is 38.3 Å². The van der Waals surface area contributed by atoms with Crippen molar-refractivity contribution in [2.45, 2.75) is 19.0 Å². The molecule has 4 nitrogen and oxygen atoms in total. The molecule has 0 bridgehead atoms. The Morgan fingerprint density at radius 3 is 3.27 bits per heavy atom. The van der Waals surface area contributed by atoms with Crippen LogP contribution >= 0.6 is 11.3 Å². The minimum absolute atomic E-state index is 0.499. The molecule has 0 radical (unpaired) electrons. The number of hydrogen-bond donors (Lipinski definition) is 1. The lowest BCUT2D eigenvalue weighted by atomic mass is 10.2. The topological polar surface area (TPSA) is 37.4 Å². The average molecular weight is 227 g/mol. The minimum Gasteiger partial charge on any atom is -0.379 e. The Bertz CT molecular complexity index is 309. The summed E-state index contributed by atoms with van der Waals surface area (Å²) in [5.41, 5.74) is 1.11. The quantitative estimate of drug-likeness (QED) is 0.835. The largest absolute Gasteiger partial charge is 0.379 e. The molecule has 0 aromatic carbocycles. The van der Waals surface area contributed by atoms with Gasteiger partial charge in [0.25, 0.3) is 0 Å². The molecule has 0 spiro atoms. The molecule has 1 aliphatic rings. The molecule has 1 aromatic rings. The standard InChI is InChI=1S/C10H17N3OS/c1-11-5-8-7-15-10(12-8)13(2)9-3-4-14-6-9/h7,9,11H,3-6H2,1-2H3. The summed E-state index contributed by atoms with van der Waals surface area (Å²) >= 11 is 1.70. The van der Waals surface area contributed by atoms with Gasteiger partial charge >= 0.3 is 0 Å². The Kier molecular flexibility index (Phi) is 3.56. The molecule has 15 heavy (non-hydrogen) atoms. The summed E-state index contributed by atoms with van der Waals surface area (Å²) in [5, 5.41) is 6.31. The van der Waals surface area contributed by atoms with Crippen molar-refractivity contribution in [2.24, 2.45) is 0 Å². The van der Waals surface area contributed by atoms with Crippen molar-refractivity contribution in [3.05, 3.63) is 11.1 Å². The molecule has 1 aliphatic heterocycles. The maximum atomic E-state index is 5.38. The Hall–Kier alpha value is -0.650. The van der Waals surface area contributed by atoms with Gasteiger partial charge in [0.1, 0.15) is 0 Å². The molecule has 1 aromatic heterocycles. The normalized spacial score (nSPS) is 20.8. The third-order valence-electron chi connectivity index (χ3n) is 2.65. The summed E-state index contributed by atoms with van der Waals surface area (Å²) in [6, 6.07) is 0.499. The fraction of sp³-hybridized carbons (Fsp3) is 0.700. The number of nitrogens with one attached hydrogen (secondary N) is 1. The molecule has 1 N–H and O–H groups in total. The average Bonchev–Trinajstić information content (AvgIpc) is 2.87. The summed E-state index contributed by atoms with van der Waals surface area (Å²) in [6.45, 7) is 2.55. The van der Waals surface area contributed by atoms with E-state index in [1.807, 2.05) is 7.05 Å². The molecule has 84 valence electrons. The third kappa shape index (κ3) is 2.48. The van der Waals surface area contributed by atoms with E-state index in [2.05, 4.69) is 27.6 Å². The number of anilines is 1. The van der Waals surface area contributed by atoms with Gasteiger partial charge < -0.3 is 15.0 Å². The van der Waals surface area contributed by atoms with Crippen LogP contribution in [0.25, 0.3) is 0 Å². The Morgan fingerprint density at radius 2 is 2.60 bits per heavy atom. The van der Waals surface area contributed by atoms with Crippen molar-refractivity contribution in [3.8, 4) is 0 Å². The highest BCUT2D eigenvalue weighted by atomic mass is 32.1. The Balaban J connectivity index is 2.00. The molecule has 2 heterocycles. The first-order valence-electron chi connectivity index (χ1n) is 5.21. The third-order valence-corrected chi connectivity index (χ3v) is 3.63. The highest BCUT2D eigenvalue weighted by Gasteiger charge is 2.22. The van der Waals surface area contributed by atoms with Gasteiger partial charge in [0, 0.05) is 25.6 Å². The Labute approximate surface area is 94.3 Å². The van der Waals surface area contributed by atoms with Gasteiger partial charge in [-0.1, -0.05) is 0 Å². The fourth-order valence-corrected chi connectivity index (χ4v) is 2.57. The SMILES string of the molecule is CNCc1csc(N(C)C2CCOC2)n1. The van der Waals surface area contributed by atoms with Crippen LogP contribution in [0.5, 0.6) is 0 Å². The first-order chi connectivity index (χ1) is 7.31. The molecular weight excluding hydrogens is 210 g/mol. The lowest BCUT2D eigenvalue weighted by Crippen LogP contribution is -2.31. The van der Waals surface area contributed by atoms with Gasteiger partial charge in [-0.3, -0.25) is 0 Å². The summed E-state index contributed by atoms with van der Waals surface area (Å²) in [5.74, 6) is 0. The highest BCUT2D eigenvalue weighted by Crippen LogP contribution is 2.23. The molecule has 0 saturated carbocycles. The van der Waals surface area contributed by atoms with E-state index in [9.17, 15) is 0 Å². The smallest absolute Gasteiger partial charge is 0.185 e. The molecule has 0 amide bonds. The van der Waals surface area contributed by atoms with E-state index in [0.717, 1.165) is 37.0 Å². The monoisotopic (exact) mass is 227 g/mol. The Morgan fingerprint density at radius 1 is 1.73 bits per heavy atom. The summed E-state index contributed by atoms with van der Waals surface area (Å²) in [4.78, 5) is 6.80. The predicted molar refractivity (Wildman–Crippen MR) is 62.5 cm³/mol. The van der Waals surface area contributed by atoms with E-state index < -0.39 is 0 Å². The number of nitrogens with zero attached hydrogens (tertiary/aromatic N) is 2. The van der Waals surface area contributed by atoms with Gasteiger partial charge in [-0.05, 0) is 13.5 Å². The van der Waals surface area contributed by atoms with Crippen molar-refractivity contribution >= 4 is 16.5 Å². The van der Waals surface area contributed by atoms with E-state index >= 15 is 0 Å². The predicted octanol–water partition coefficient (Wildman–Crippen LogP) is 1.09. The molecular formula is C10H17N3OS. The minimum atomic E-state index is 0.499. The van der Waals surface area contributed by atoms with E-state index in [-0.39, 0.29) is 0 Å². The second-order valence-electron chi connectivity index (χ2n) is 3.78. The summed E-state index contributed by atoms with van der Waals surface area (Å²) in [6.07, 6.45) is 1.11. The van der Waals surface area contributed by atoms with Crippen molar-refractivity contribution in [1.29, 1.82) is 0 Å². The summed E-state index contributed by atoms with van der Waals surface area (Å²) < 4.78 is 5.38. The second kappa shape index (κ2) is 4.92. The summed E-state index contributed by atoms with van der Waals surface area (Å²) in [7, 11) is 4.04. The van der Waals surface area contributed by atoms with Crippen LogP contribution in [-0.2, 0) is 11.3 Å². The van der Waals surface area contributed by atoms with Crippen LogP contribution < -0.4 is 10.2 Å². The van der Waals surface area contributed by atoms with Gasteiger partial charge in [0.2, 0.25) is 0 Å². The molecule has 1 saturated heterocycles. The number of thiazole rings is 1. The zero-order chi connectivity index (χ0) is 10.7. The zero-order valence-corrected chi connectivity index (χ0v) is 10.0. The molecule has 1 atom stereocenters. The van der Waals surface area contributed by atoms with Gasteiger partial charge in [-0.2, -0.15) is 0 Å². The van der Waals surface area contributed by atoms with Gasteiger partial charge in [0.05, 0.1) is 18.3 Å². The van der Waals surface area contributed by atoms with Gasteiger partial charge in [0.15, 0.2) is 5.13 Å². The number of rotatable bonds is 4. The van der Waals surface area contributed by atoms with Crippen LogP contribution in [0, 0.1) is 0 Å². The van der Waals surface area contributed by atoms with E-state index in [1.54, 1.807) is 11.3 Å². The van der Waals surface area contributed by atoms with Crippen LogP contribution in [0.4, 0.5) is 5.13 Å². The van der Waals surface area contributed by atoms with Crippen LogP contribution in [0.15, 0.2) is 5.38 Å². The molecule has 5 heteroatoms. The van der Waals surface area contributed by atoms with E-state index in [1.165, 1.54) is 0 Å². The number of likely N-dealkylation sites (N-methyl/N-ethyl adjacent to an activating group) is 1. The highest BCUT2D eigenvalue weighted by molar-refractivity contribution is 7.13. The van der Waals surface area contributed by atoms with Crippen LogP contribution in [0.1, 0.15) is 12.1 Å². The fourth-order valence-electron chi connectivity index (χ4n) is 1.70. The van der Waals surface area contributed by atoms with E-state index in [4.69, 9.17) is 4.74 Å². The van der Waals surface area contributed by atoms with Crippen molar-refractivity contribution in [2.75, 3.05) is 32.2 Å². The lowest BCUT2D eigenvalue weighted by molar-refractivity contribution is 0.193. The molecule has 1 unspecified atom stereocenters. The maximum absolute atomic E-state index is 5.38. The molecule has 1 fully saturated rings. The van der Waals surface area contributed by atoms with Gasteiger partial charge in [-0.25, -0.2) is 4.98 Å². The second-order valence-corrected chi connectivity index (χ2v) is 4.62. The first-order valence-corrected chi connectivity index (χ1v) is 6.09. The van der Waals surface area contributed by atoms with E-state index in [0.29, 0.717) is 6.04 Å². The molecule has 2 rings (SSSR count). The van der Waals surface area contributed by atoms with Crippen molar-refractivity contribution in [1.82, 2.24) is 10.3 Å². The van der Waals surface area contributed by atoms with Crippen LogP contribution in [0.2, 0.25) is 0 Å². The number of aromatic nitrogens is 1. The van der Waals surface area contributed by atoms with Crippen molar-refractivity contribution < 1.29 is 4.74 Å². The molecule has 0 aliphatic carbocycles. The zero-order valence-electron chi connectivity index (χ0n) is 9.19. The van der Waals surface area contributed by atoms with Crippen molar-refractivity contribution in [3.63, 3.8) is 0 Å². The van der Waals surface area contributed by atoms with Gasteiger partial charge in [-0.15, -0.1) is 11.3 Å². The lowest BCUT2D eigenvalue weighted by Gasteiger charge is -2.21. The maximum Gasteiger partial charge on any atom is 0.185 e. The van der Waals surface area contributed by atoms with Crippen LogP contribution in [0.3, 0.4) is 0 Å².